The van der Waals surface area contributed by atoms with Crippen molar-refractivity contribution in [1.29, 1.82) is 0 Å². The molecule has 1 fully saturated rings. The zero-order valence-electron chi connectivity index (χ0n) is 17.3. The van der Waals surface area contributed by atoms with E-state index >= 15 is 0 Å². The molecule has 0 spiro atoms. The SMILES string of the molecule is COc1ccc2c(c1OC)C(=O)N1C2SC[C@H]1C(=O)NCCc1c[nH]c2ccccc12. The Morgan fingerprint density at radius 3 is 2.87 bits per heavy atom. The number of nitrogens with one attached hydrogen (secondary N) is 2. The number of H-pyrrole nitrogens is 1. The number of aromatic amines is 1. The molecular formula is C23H23N3O4S. The molecule has 0 radical (unpaired) electrons. The van der Waals surface area contributed by atoms with Crippen LogP contribution in [-0.2, 0) is 11.2 Å². The highest BCUT2D eigenvalue weighted by molar-refractivity contribution is 7.99. The van der Waals surface area contributed by atoms with E-state index in [0.717, 1.165) is 23.1 Å². The Bertz CT molecular complexity index is 1170. The Balaban J connectivity index is 1.30. The van der Waals surface area contributed by atoms with Crippen LogP contribution in [0.25, 0.3) is 10.9 Å². The first-order valence-corrected chi connectivity index (χ1v) is 11.2. The lowest BCUT2D eigenvalue weighted by Gasteiger charge is -2.22. The number of aromatic nitrogens is 1. The van der Waals surface area contributed by atoms with Crippen LogP contribution in [0.15, 0.2) is 42.6 Å². The summed E-state index contributed by atoms with van der Waals surface area (Å²) in [7, 11) is 3.07. The second-order valence-corrected chi connectivity index (χ2v) is 8.69. The molecule has 7 nitrogen and oxygen atoms in total. The summed E-state index contributed by atoms with van der Waals surface area (Å²) in [6, 6.07) is 11.3. The van der Waals surface area contributed by atoms with Crippen LogP contribution in [0, 0.1) is 0 Å². The molecule has 31 heavy (non-hydrogen) atoms. The molecule has 0 saturated carbocycles. The highest BCUT2D eigenvalue weighted by atomic mass is 32.2. The lowest BCUT2D eigenvalue weighted by molar-refractivity contribution is -0.124. The number of thioether (sulfide) groups is 1. The van der Waals surface area contributed by atoms with E-state index in [2.05, 4.69) is 16.4 Å². The molecule has 2 aliphatic rings. The number of benzene rings is 2. The number of methoxy groups -OCH3 is 2. The molecular weight excluding hydrogens is 414 g/mol. The first-order chi connectivity index (χ1) is 15.1. The van der Waals surface area contributed by atoms with E-state index in [1.54, 1.807) is 23.8 Å². The van der Waals surface area contributed by atoms with Crippen molar-refractivity contribution in [2.75, 3.05) is 26.5 Å². The summed E-state index contributed by atoms with van der Waals surface area (Å²) in [5.41, 5.74) is 3.62. The highest BCUT2D eigenvalue weighted by Gasteiger charge is 2.50. The van der Waals surface area contributed by atoms with E-state index in [4.69, 9.17) is 9.47 Å². The predicted molar refractivity (Wildman–Crippen MR) is 120 cm³/mol. The molecule has 2 aromatic carbocycles. The summed E-state index contributed by atoms with van der Waals surface area (Å²) < 4.78 is 10.8. The van der Waals surface area contributed by atoms with Gasteiger partial charge in [0.1, 0.15) is 11.4 Å². The minimum atomic E-state index is -0.506. The van der Waals surface area contributed by atoms with Gasteiger partial charge in [-0.3, -0.25) is 9.59 Å². The first kappa shape index (κ1) is 19.8. The van der Waals surface area contributed by atoms with Gasteiger partial charge in [0.25, 0.3) is 5.91 Å². The van der Waals surface area contributed by atoms with E-state index < -0.39 is 6.04 Å². The Morgan fingerprint density at radius 2 is 2.06 bits per heavy atom. The Hall–Kier alpha value is -3.13. The average Bonchev–Trinajstić information content (AvgIpc) is 3.48. The molecule has 1 unspecified atom stereocenters. The van der Waals surface area contributed by atoms with E-state index in [-0.39, 0.29) is 17.2 Å². The molecule has 2 atom stereocenters. The molecule has 1 aromatic heterocycles. The fourth-order valence-corrected chi connectivity index (χ4v) is 5.93. The van der Waals surface area contributed by atoms with Gasteiger partial charge in [0.2, 0.25) is 5.91 Å². The maximum Gasteiger partial charge on any atom is 0.260 e. The predicted octanol–water partition coefficient (Wildman–Crippen LogP) is 3.11. The van der Waals surface area contributed by atoms with Crippen LogP contribution in [0.2, 0.25) is 0 Å². The smallest absolute Gasteiger partial charge is 0.260 e. The number of carbonyl (C=O) groups excluding carboxylic acids is 2. The maximum atomic E-state index is 13.2. The summed E-state index contributed by atoms with van der Waals surface area (Å²) in [5, 5.41) is 4.01. The fraction of sp³-hybridized carbons (Fsp3) is 0.304. The van der Waals surface area contributed by atoms with Gasteiger partial charge >= 0.3 is 0 Å². The fourth-order valence-electron chi connectivity index (χ4n) is 4.47. The second-order valence-electron chi connectivity index (χ2n) is 7.58. The minimum absolute atomic E-state index is 0.123. The van der Waals surface area contributed by atoms with E-state index in [9.17, 15) is 9.59 Å². The van der Waals surface area contributed by atoms with Gasteiger partial charge in [-0.05, 0) is 24.1 Å². The van der Waals surface area contributed by atoms with Gasteiger partial charge in [-0.1, -0.05) is 24.3 Å². The van der Waals surface area contributed by atoms with Crippen molar-refractivity contribution in [3.63, 3.8) is 0 Å². The van der Waals surface area contributed by atoms with E-state index in [1.165, 1.54) is 12.5 Å². The quantitative estimate of drug-likeness (QED) is 0.619. The monoisotopic (exact) mass is 437 g/mol. The lowest BCUT2D eigenvalue weighted by Crippen LogP contribution is -2.46. The third kappa shape index (κ3) is 3.13. The van der Waals surface area contributed by atoms with Crippen LogP contribution in [0.5, 0.6) is 11.5 Å². The molecule has 0 aliphatic carbocycles. The number of fused-ring (bicyclic) bond motifs is 4. The number of ether oxygens (including phenoxy) is 2. The molecule has 3 heterocycles. The van der Waals surface area contributed by atoms with Crippen LogP contribution < -0.4 is 14.8 Å². The lowest BCUT2D eigenvalue weighted by atomic mass is 10.1. The van der Waals surface area contributed by atoms with Crippen molar-refractivity contribution >= 4 is 34.5 Å². The van der Waals surface area contributed by atoms with Crippen molar-refractivity contribution < 1.29 is 19.1 Å². The zero-order valence-corrected chi connectivity index (χ0v) is 18.1. The molecule has 3 aromatic rings. The summed E-state index contributed by atoms with van der Waals surface area (Å²) >= 11 is 1.60. The molecule has 0 bridgehead atoms. The maximum absolute atomic E-state index is 13.2. The normalized spacial score (nSPS) is 19.4. The van der Waals surface area contributed by atoms with Gasteiger partial charge in [-0.15, -0.1) is 11.8 Å². The zero-order chi connectivity index (χ0) is 21.5. The number of para-hydroxylation sites is 1. The molecule has 5 rings (SSSR count). The largest absolute Gasteiger partial charge is 0.493 e. The number of hydrogen-bond donors (Lipinski definition) is 2. The van der Waals surface area contributed by atoms with Gasteiger partial charge < -0.3 is 24.7 Å². The van der Waals surface area contributed by atoms with Crippen LogP contribution in [0.4, 0.5) is 0 Å². The number of amides is 2. The number of nitrogens with zero attached hydrogens (tertiary/aromatic N) is 1. The standard InChI is InChI=1S/C23H23N3O4S/c1-29-18-8-7-15-19(20(18)30-2)22(28)26-17(12-31-23(15)26)21(27)24-10-9-13-11-25-16-6-4-3-5-14(13)16/h3-8,11,17,23,25H,9-10,12H2,1-2H3,(H,24,27)/t17-,23?/m0/s1. The molecule has 1 saturated heterocycles. The summed E-state index contributed by atoms with van der Waals surface area (Å²) in [4.78, 5) is 31.1. The summed E-state index contributed by atoms with van der Waals surface area (Å²) in [6.45, 7) is 0.513. The Morgan fingerprint density at radius 1 is 1.23 bits per heavy atom. The van der Waals surface area contributed by atoms with Crippen molar-refractivity contribution in [3.8, 4) is 11.5 Å². The summed E-state index contributed by atoms with van der Waals surface area (Å²) in [6.07, 6.45) is 2.71. The molecule has 2 amide bonds. The third-order valence-corrected chi connectivity index (χ3v) is 7.27. The topological polar surface area (TPSA) is 83.7 Å². The Labute approximate surface area is 184 Å². The van der Waals surface area contributed by atoms with Crippen LogP contribution in [-0.4, -0.2) is 54.3 Å². The number of hydrogen-bond acceptors (Lipinski definition) is 5. The van der Waals surface area contributed by atoms with Gasteiger partial charge in [0.15, 0.2) is 11.5 Å². The van der Waals surface area contributed by atoms with Crippen molar-refractivity contribution in [2.24, 2.45) is 0 Å². The highest BCUT2D eigenvalue weighted by Crippen LogP contribution is 2.52. The molecule has 160 valence electrons. The van der Waals surface area contributed by atoms with E-state index in [0.29, 0.717) is 29.4 Å². The van der Waals surface area contributed by atoms with Gasteiger partial charge in [0.05, 0.1) is 19.8 Å². The van der Waals surface area contributed by atoms with Gasteiger partial charge in [0, 0.05) is 35.0 Å². The molecule has 8 heteroatoms. The average molecular weight is 438 g/mol. The molecule has 2 N–H and O–H groups in total. The van der Waals surface area contributed by atoms with E-state index in [1.807, 2.05) is 36.5 Å². The summed E-state index contributed by atoms with van der Waals surface area (Å²) in [5.74, 6) is 1.21. The second kappa shape index (κ2) is 7.85. The first-order valence-electron chi connectivity index (χ1n) is 10.2. The van der Waals surface area contributed by atoms with Crippen molar-refractivity contribution in [3.05, 3.63) is 59.3 Å². The van der Waals surface area contributed by atoms with Crippen LogP contribution in [0.1, 0.15) is 26.9 Å². The van der Waals surface area contributed by atoms with Gasteiger partial charge in [-0.25, -0.2) is 0 Å². The number of rotatable bonds is 6. The van der Waals surface area contributed by atoms with Gasteiger partial charge in [-0.2, -0.15) is 0 Å². The third-order valence-electron chi connectivity index (χ3n) is 5.96. The van der Waals surface area contributed by atoms with Crippen LogP contribution in [0.3, 0.4) is 0 Å². The minimum Gasteiger partial charge on any atom is -0.493 e. The van der Waals surface area contributed by atoms with Crippen molar-refractivity contribution in [1.82, 2.24) is 15.2 Å². The van der Waals surface area contributed by atoms with Crippen molar-refractivity contribution in [2.45, 2.75) is 17.8 Å². The Kier molecular flexibility index (Phi) is 5.02. The molecule has 2 aliphatic heterocycles. The van der Waals surface area contributed by atoms with Crippen LogP contribution >= 0.6 is 11.8 Å². The number of carbonyl (C=O) groups is 2.